The van der Waals surface area contributed by atoms with Gasteiger partial charge in [-0.3, -0.25) is 4.79 Å². The highest BCUT2D eigenvalue weighted by atomic mass is 32.1. The van der Waals surface area contributed by atoms with Gasteiger partial charge in [0, 0.05) is 26.0 Å². The van der Waals surface area contributed by atoms with Gasteiger partial charge in [0.25, 0.3) is 0 Å². The van der Waals surface area contributed by atoms with Crippen LogP contribution in [0.15, 0.2) is 5.38 Å². The molecule has 118 valence electrons. The molecule has 1 unspecified atom stereocenters. The largest absolute Gasteiger partial charge is 0.464 e. The van der Waals surface area contributed by atoms with Crippen LogP contribution in [0, 0.1) is 0 Å². The van der Waals surface area contributed by atoms with Crippen molar-refractivity contribution in [1.82, 2.24) is 9.88 Å². The second kappa shape index (κ2) is 8.74. The van der Waals surface area contributed by atoms with E-state index >= 15 is 0 Å². The Morgan fingerprint density at radius 1 is 1.43 bits per heavy atom. The SMILES string of the molecule is CCCC(c1nc(C(=O)OC)cs1)N(CCOC)C(C)=O. The highest BCUT2D eigenvalue weighted by molar-refractivity contribution is 7.09. The number of esters is 1. The lowest BCUT2D eigenvalue weighted by Crippen LogP contribution is -2.35. The maximum Gasteiger partial charge on any atom is 0.357 e. The number of hydrogen-bond acceptors (Lipinski definition) is 6. The Morgan fingerprint density at radius 2 is 2.14 bits per heavy atom. The van der Waals surface area contributed by atoms with E-state index in [-0.39, 0.29) is 17.6 Å². The Balaban J connectivity index is 3.00. The summed E-state index contributed by atoms with van der Waals surface area (Å²) < 4.78 is 9.73. The molecule has 0 bridgehead atoms. The minimum Gasteiger partial charge on any atom is -0.464 e. The molecule has 1 aromatic heterocycles. The van der Waals surface area contributed by atoms with Crippen molar-refractivity contribution in [3.8, 4) is 0 Å². The smallest absolute Gasteiger partial charge is 0.357 e. The first kappa shape index (κ1) is 17.6. The molecule has 0 fully saturated rings. The lowest BCUT2D eigenvalue weighted by molar-refractivity contribution is -0.132. The minimum absolute atomic E-state index is 0.0275. The fourth-order valence-corrected chi connectivity index (χ4v) is 2.98. The van der Waals surface area contributed by atoms with Gasteiger partial charge in [-0.15, -0.1) is 11.3 Å². The average molecular weight is 314 g/mol. The first-order chi connectivity index (χ1) is 10.0. The fourth-order valence-electron chi connectivity index (χ4n) is 2.05. The first-order valence-electron chi connectivity index (χ1n) is 6.85. The second-order valence-corrected chi connectivity index (χ2v) is 5.46. The number of ether oxygens (including phenoxy) is 2. The number of carbonyl (C=O) groups is 2. The predicted octanol–water partition coefficient (Wildman–Crippen LogP) is 2.27. The van der Waals surface area contributed by atoms with Gasteiger partial charge in [-0.1, -0.05) is 13.3 Å². The predicted molar refractivity (Wildman–Crippen MR) is 80.4 cm³/mol. The Labute approximate surface area is 129 Å². The molecule has 0 saturated carbocycles. The zero-order valence-corrected chi connectivity index (χ0v) is 13.7. The van der Waals surface area contributed by atoms with Crippen LogP contribution in [0.3, 0.4) is 0 Å². The summed E-state index contributed by atoms with van der Waals surface area (Å²) in [6, 6.07) is -0.133. The van der Waals surface area contributed by atoms with Gasteiger partial charge in [-0.25, -0.2) is 9.78 Å². The van der Waals surface area contributed by atoms with Gasteiger partial charge >= 0.3 is 5.97 Å². The zero-order chi connectivity index (χ0) is 15.8. The molecule has 1 atom stereocenters. The number of amides is 1. The molecule has 1 amide bonds. The molecular weight excluding hydrogens is 292 g/mol. The molecule has 0 saturated heterocycles. The summed E-state index contributed by atoms with van der Waals surface area (Å²) in [5, 5.41) is 2.42. The van der Waals surface area contributed by atoms with Crippen molar-refractivity contribution in [2.45, 2.75) is 32.7 Å². The quantitative estimate of drug-likeness (QED) is 0.689. The molecule has 1 heterocycles. The van der Waals surface area contributed by atoms with Crippen LogP contribution < -0.4 is 0 Å². The third-order valence-corrected chi connectivity index (χ3v) is 4.03. The molecule has 0 aliphatic carbocycles. The van der Waals surface area contributed by atoms with E-state index in [2.05, 4.69) is 16.6 Å². The maximum absolute atomic E-state index is 11.9. The normalized spacial score (nSPS) is 12.0. The molecule has 0 N–H and O–H groups in total. The lowest BCUT2D eigenvalue weighted by Gasteiger charge is -2.29. The fraction of sp³-hybridized carbons (Fsp3) is 0.643. The van der Waals surface area contributed by atoms with Crippen LogP contribution >= 0.6 is 11.3 Å². The van der Waals surface area contributed by atoms with Crippen LogP contribution in [0.1, 0.15) is 48.2 Å². The van der Waals surface area contributed by atoms with E-state index in [1.165, 1.54) is 25.4 Å². The third kappa shape index (κ3) is 4.78. The highest BCUT2D eigenvalue weighted by Crippen LogP contribution is 2.28. The van der Waals surface area contributed by atoms with Crippen LogP contribution in [-0.2, 0) is 14.3 Å². The van der Waals surface area contributed by atoms with E-state index in [9.17, 15) is 9.59 Å². The number of methoxy groups -OCH3 is 2. The van der Waals surface area contributed by atoms with Crippen molar-refractivity contribution in [3.05, 3.63) is 16.1 Å². The van der Waals surface area contributed by atoms with Crippen molar-refractivity contribution in [2.24, 2.45) is 0 Å². The summed E-state index contributed by atoms with van der Waals surface area (Å²) in [7, 11) is 2.93. The number of nitrogens with zero attached hydrogens (tertiary/aromatic N) is 2. The van der Waals surface area contributed by atoms with Crippen LogP contribution in [0.4, 0.5) is 0 Å². The summed E-state index contributed by atoms with van der Waals surface area (Å²) >= 11 is 1.37. The van der Waals surface area contributed by atoms with E-state index in [0.717, 1.165) is 17.8 Å². The van der Waals surface area contributed by atoms with Gasteiger partial charge in [0.15, 0.2) is 5.69 Å². The number of thiazole rings is 1. The summed E-state index contributed by atoms with van der Waals surface area (Å²) in [5.74, 6) is -0.487. The molecular formula is C14H22N2O4S. The Morgan fingerprint density at radius 3 is 2.67 bits per heavy atom. The molecule has 0 aliphatic heterocycles. The Kier molecular flexibility index (Phi) is 7.31. The third-order valence-electron chi connectivity index (χ3n) is 3.08. The van der Waals surface area contributed by atoms with Crippen LogP contribution in [-0.4, -0.2) is 49.1 Å². The molecule has 0 radical (unpaired) electrons. The number of carbonyl (C=O) groups excluding carboxylic acids is 2. The molecule has 1 aromatic rings. The molecule has 7 heteroatoms. The van der Waals surface area contributed by atoms with Gasteiger partial charge in [0.1, 0.15) is 5.01 Å². The summed E-state index contributed by atoms with van der Waals surface area (Å²) in [6.07, 6.45) is 1.70. The second-order valence-electron chi connectivity index (χ2n) is 4.57. The molecule has 0 aliphatic rings. The monoisotopic (exact) mass is 314 g/mol. The minimum atomic E-state index is -0.459. The summed E-state index contributed by atoms with van der Waals surface area (Å²) in [5.41, 5.74) is 0.286. The maximum atomic E-state index is 11.9. The van der Waals surface area contributed by atoms with Crippen LogP contribution in [0.5, 0.6) is 0 Å². The van der Waals surface area contributed by atoms with E-state index in [1.807, 2.05) is 0 Å². The first-order valence-corrected chi connectivity index (χ1v) is 7.72. The van der Waals surface area contributed by atoms with Gasteiger partial charge in [0.05, 0.1) is 19.8 Å². The summed E-state index contributed by atoms with van der Waals surface area (Å²) in [6.45, 7) is 4.56. The van der Waals surface area contributed by atoms with Gasteiger partial charge < -0.3 is 14.4 Å². The van der Waals surface area contributed by atoms with Crippen molar-refractivity contribution >= 4 is 23.2 Å². The van der Waals surface area contributed by atoms with Gasteiger partial charge in [0.2, 0.25) is 5.91 Å². The molecule has 6 nitrogen and oxygen atoms in total. The van der Waals surface area contributed by atoms with Gasteiger partial charge in [-0.2, -0.15) is 0 Å². The standard InChI is InChI=1S/C14H22N2O4S/c1-5-6-12(16(10(2)17)7-8-19-3)13-15-11(9-21-13)14(18)20-4/h9,12H,5-8H2,1-4H3. The van der Waals surface area contributed by atoms with Crippen molar-refractivity contribution < 1.29 is 19.1 Å². The van der Waals surface area contributed by atoms with Crippen molar-refractivity contribution in [3.63, 3.8) is 0 Å². The van der Waals surface area contributed by atoms with Crippen LogP contribution in [0.2, 0.25) is 0 Å². The van der Waals surface area contributed by atoms with E-state index in [1.54, 1.807) is 17.4 Å². The van der Waals surface area contributed by atoms with Crippen molar-refractivity contribution in [2.75, 3.05) is 27.4 Å². The highest BCUT2D eigenvalue weighted by Gasteiger charge is 2.25. The Hall–Kier alpha value is -1.47. The molecule has 21 heavy (non-hydrogen) atoms. The van der Waals surface area contributed by atoms with E-state index in [4.69, 9.17) is 4.74 Å². The Bertz CT molecular complexity index is 475. The lowest BCUT2D eigenvalue weighted by atomic mass is 10.1. The zero-order valence-electron chi connectivity index (χ0n) is 12.9. The molecule has 0 aromatic carbocycles. The topological polar surface area (TPSA) is 68.7 Å². The van der Waals surface area contributed by atoms with Gasteiger partial charge in [-0.05, 0) is 6.42 Å². The van der Waals surface area contributed by atoms with E-state index in [0.29, 0.717) is 13.2 Å². The van der Waals surface area contributed by atoms with Crippen molar-refractivity contribution in [1.29, 1.82) is 0 Å². The molecule has 1 rings (SSSR count). The number of rotatable bonds is 8. The molecule has 0 spiro atoms. The number of hydrogen-bond donors (Lipinski definition) is 0. The summed E-state index contributed by atoms with van der Waals surface area (Å²) in [4.78, 5) is 29.5. The number of aromatic nitrogens is 1. The van der Waals surface area contributed by atoms with E-state index < -0.39 is 5.97 Å². The average Bonchev–Trinajstić information content (AvgIpc) is 2.95. The van der Waals surface area contributed by atoms with Crippen LogP contribution in [0.25, 0.3) is 0 Å².